The number of likely N-dealkylation sites (tertiary alicyclic amines) is 2. The molecule has 164 valence electrons. The van der Waals surface area contributed by atoms with Gasteiger partial charge in [-0.15, -0.1) is 24.0 Å². The summed E-state index contributed by atoms with van der Waals surface area (Å²) in [5, 5.41) is 3.47. The second-order valence-corrected chi connectivity index (χ2v) is 8.37. The minimum atomic E-state index is 0. The monoisotopic (exact) mass is 523 g/mol. The van der Waals surface area contributed by atoms with Crippen LogP contribution in [0.3, 0.4) is 0 Å². The number of guanidine groups is 1. The van der Waals surface area contributed by atoms with Crippen LogP contribution in [0.1, 0.15) is 36.9 Å². The molecule has 6 nitrogen and oxygen atoms in total. The van der Waals surface area contributed by atoms with Crippen molar-refractivity contribution in [1.82, 2.24) is 20.1 Å². The van der Waals surface area contributed by atoms with E-state index in [0.29, 0.717) is 12.4 Å². The van der Waals surface area contributed by atoms with Crippen molar-refractivity contribution in [2.24, 2.45) is 10.9 Å². The van der Waals surface area contributed by atoms with Gasteiger partial charge in [0.2, 0.25) is 5.89 Å². The van der Waals surface area contributed by atoms with Crippen LogP contribution in [0.25, 0.3) is 11.5 Å². The Bertz CT molecular complexity index is 813. The summed E-state index contributed by atoms with van der Waals surface area (Å²) in [6.07, 6.45) is 7.11. The molecule has 2 aromatic rings. The van der Waals surface area contributed by atoms with Gasteiger partial charge in [-0.2, -0.15) is 0 Å². The summed E-state index contributed by atoms with van der Waals surface area (Å²) < 4.78 is 5.67. The van der Waals surface area contributed by atoms with E-state index < -0.39 is 0 Å². The molecule has 0 bridgehead atoms. The number of piperidine rings is 1. The van der Waals surface area contributed by atoms with E-state index in [2.05, 4.69) is 44.1 Å². The molecule has 0 amide bonds. The van der Waals surface area contributed by atoms with Gasteiger partial charge >= 0.3 is 0 Å². The smallest absolute Gasteiger partial charge is 0.226 e. The Labute approximate surface area is 197 Å². The van der Waals surface area contributed by atoms with E-state index in [-0.39, 0.29) is 24.0 Å². The van der Waals surface area contributed by atoms with Gasteiger partial charge in [-0.25, -0.2) is 4.98 Å². The van der Waals surface area contributed by atoms with E-state index in [1.807, 2.05) is 19.2 Å². The molecule has 1 aromatic heterocycles. The van der Waals surface area contributed by atoms with E-state index in [4.69, 9.17) is 4.42 Å². The van der Waals surface area contributed by atoms with E-state index in [1.54, 1.807) is 6.26 Å². The minimum Gasteiger partial charge on any atom is -0.444 e. The number of benzene rings is 1. The van der Waals surface area contributed by atoms with Crippen molar-refractivity contribution < 1.29 is 4.42 Å². The number of hydrogen-bond acceptors (Lipinski definition) is 4. The van der Waals surface area contributed by atoms with Crippen molar-refractivity contribution in [1.29, 1.82) is 0 Å². The van der Waals surface area contributed by atoms with E-state index in [1.165, 1.54) is 50.9 Å². The molecule has 2 aliphatic rings. The lowest BCUT2D eigenvalue weighted by molar-refractivity contribution is 0.198. The van der Waals surface area contributed by atoms with Gasteiger partial charge in [-0.1, -0.05) is 24.1 Å². The van der Waals surface area contributed by atoms with Gasteiger partial charge in [0.15, 0.2) is 5.96 Å². The highest BCUT2D eigenvalue weighted by Crippen LogP contribution is 2.21. The fraction of sp³-hybridized carbons (Fsp3) is 0.565. The molecule has 4 rings (SSSR count). The van der Waals surface area contributed by atoms with Crippen LogP contribution in [0, 0.1) is 12.8 Å². The largest absolute Gasteiger partial charge is 0.444 e. The van der Waals surface area contributed by atoms with Crippen LogP contribution in [0.4, 0.5) is 0 Å². The van der Waals surface area contributed by atoms with Crippen LogP contribution in [-0.4, -0.2) is 60.5 Å². The van der Waals surface area contributed by atoms with Gasteiger partial charge in [0.25, 0.3) is 0 Å². The van der Waals surface area contributed by atoms with Crippen molar-refractivity contribution in [3.8, 4) is 11.5 Å². The predicted molar refractivity (Wildman–Crippen MR) is 132 cm³/mol. The van der Waals surface area contributed by atoms with Gasteiger partial charge < -0.3 is 19.5 Å². The zero-order valence-corrected chi connectivity index (χ0v) is 20.5. The number of nitrogens with one attached hydrogen (secondary N) is 1. The Morgan fingerprint density at radius 2 is 1.93 bits per heavy atom. The summed E-state index contributed by atoms with van der Waals surface area (Å²) >= 11 is 0. The minimum absolute atomic E-state index is 0. The maximum atomic E-state index is 5.67. The highest BCUT2D eigenvalue weighted by Gasteiger charge is 2.27. The quantitative estimate of drug-likeness (QED) is 0.363. The Balaban J connectivity index is 0.00000256. The molecule has 1 aromatic carbocycles. The summed E-state index contributed by atoms with van der Waals surface area (Å²) in [5.74, 6) is 2.37. The lowest BCUT2D eigenvalue weighted by Crippen LogP contribution is -2.41. The number of aromatic nitrogens is 1. The van der Waals surface area contributed by atoms with Crippen LogP contribution in [-0.2, 0) is 6.54 Å². The zero-order chi connectivity index (χ0) is 20.1. The SMILES string of the molecule is CN=C(NCc1coc(-c2ccc(C)cc2)n1)N1CCC(CN2CCCCC2)C1.I. The molecule has 0 spiro atoms. The molecular weight excluding hydrogens is 489 g/mol. The number of oxazole rings is 1. The normalized spacial score (nSPS) is 20.3. The van der Waals surface area contributed by atoms with Gasteiger partial charge in [-0.05, 0) is 57.3 Å². The van der Waals surface area contributed by atoms with E-state index >= 15 is 0 Å². The Morgan fingerprint density at radius 3 is 2.67 bits per heavy atom. The third kappa shape index (κ3) is 5.97. The summed E-state index contributed by atoms with van der Waals surface area (Å²) in [6.45, 7) is 8.65. The molecule has 7 heteroatoms. The summed E-state index contributed by atoms with van der Waals surface area (Å²) in [5.41, 5.74) is 3.13. The van der Waals surface area contributed by atoms with Gasteiger partial charge in [-0.3, -0.25) is 4.99 Å². The molecule has 2 saturated heterocycles. The molecule has 0 radical (unpaired) electrons. The first-order chi connectivity index (χ1) is 14.2. The highest BCUT2D eigenvalue weighted by atomic mass is 127. The van der Waals surface area contributed by atoms with Crippen molar-refractivity contribution in [2.45, 2.75) is 39.2 Å². The first kappa shape index (κ1) is 23.1. The van der Waals surface area contributed by atoms with Crippen LogP contribution in [0.15, 0.2) is 39.9 Å². The average Bonchev–Trinajstić information content (AvgIpc) is 3.40. The number of rotatable bonds is 5. The summed E-state index contributed by atoms with van der Waals surface area (Å²) in [4.78, 5) is 14.2. The first-order valence-corrected chi connectivity index (χ1v) is 10.9. The molecule has 3 heterocycles. The topological polar surface area (TPSA) is 56.9 Å². The predicted octanol–water partition coefficient (Wildman–Crippen LogP) is 4.15. The van der Waals surface area contributed by atoms with Gasteiger partial charge in [0.05, 0.1) is 12.2 Å². The molecule has 0 aliphatic carbocycles. The number of nitrogens with zero attached hydrogens (tertiary/aromatic N) is 4. The Kier molecular flexibility index (Phi) is 8.56. The van der Waals surface area contributed by atoms with Crippen molar-refractivity contribution in [2.75, 3.05) is 39.8 Å². The van der Waals surface area contributed by atoms with Crippen LogP contribution in [0.2, 0.25) is 0 Å². The fourth-order valence-corrected chi connectivity index (χ4v) is 4.40. The van der Waals surface area contributed by atoms with Crippen LogP contribution < -0.4 is 5.32 Å². The van der Waals surface area contributed by atoms with Gasteiger partial charge in [0.1, 0.15) is 6.26 Å². The molecule has 1 atom stereocenters. The Morgan fingerprint density at radius 1 is 1.17 bits per heavy atom. The van der Waals surface area contributed by atoms with E-state index in [9.17, 15) is 0 Å². The molecule has 2 aliphatic heterocycles. The third-order valence-corrected chi connectivity index (χ3v) is 6.04. The van der Waals surface area contributed by atoms with Gasteiger partial charge in [0, 0.05) is 32.2 Å². The lowest BCUT2D eigenvalue weighted by atomic mass is 10.1. The van der Waals surface area contributed by atoms with Crippen molar-refractivity contribution in [3.05, 3.63) is 41.8 Å². The maximum Gasteiger partial charge on any atom is 0.226 e. The van der Waals surface area contributed by atoms with Crippen molar-refractivity contribution in [3.63, 3.8) is 0 Å². The van der Waals surface area contributed by atoms with Crippen LogP contribution >= 0.6 is 24.0 Å². The highest BCUT2D eigenvalue weighted by molar-refractivity contribution is 14.0. The Hall–Kier alpha value is -1.61. The van der Waals surface area contributed by atoms with E-state index in [0.717, 1.165) is 36.2 Å². The number of aryl methyl sites for hydroxylation is 1. The standard InChI is InChI=1S/C23H33N5O.HI/c1-18-6-8-20(9-7-18)22-26-21(17-29-22)14-25-23(24-2)28-13-10-19(16-28)15-27-11-4-3-5-12-27;/h6-9,17,19H,3-5,10-16H2,1-2H3,(H,24,25);1H. The number of hydrogen-bond donors (Lipinski definition) is 1. The third-order valence-electron chi connectivity index (χ3n) is 6.04. The molecule has 1 N–H and O–H groups in total. The molecule has 0 saturated carbocycles. The first-order valence-electron chi connectivity index (χ1n) is 10.9. The second kappa shape index (κ2) is 11.1. The zero-order valence-electron chi connectivity index (χ0n) is 18.1. The number of aliphatic imine (C=N–C) groups is 1. The molecule has 1 unspecified atom stereocenters. The fourth-order valence-electron chi connectivity index (χ4n) is 4.40. The summed E-state index contributed by atoms with van der Waals surface area (Å²) in [7, 11) is 1.86. The second-order valence-electron chi connectivity index (χ2n) is 8.37. The summed E-state index contributed by atoms with van der Waals surface area (Å²) in [6, 6.07) is 8.24. The molecule has 30 heavy (non-hydrogen) atoms. The number of halogens is 1. The maximum absolute atomic E-state index is 5.67. The van der Waals surface area contributed by atoms with Crippen LogP contribution in [0.5, 0.6) is 0 Å². The lowest BCUT2D eigenvalue weighted by Gasteiger charge is -2.29. The average molecular weight is 523 g/mol. The molecular formula is C23H34IN5O. The van der Waals surface area contributed by atoms with Crippen molar-refractivity contribution >= 4 is 29.9 Å². The molecule has 2 fully saturated rings.